The van der Waals surface area contributed by atoms with Crippen molar-refractivity contribution in [3.63, 3.8) is 0 Å². The summed E-state index contributed by atoms with van der Waals surface area (Å²) >= 11 is 3.33. The molecule has 1 unspecified atom stereocenters. The van der Waals surface area contributed by atoms with E-state index in [-0.39, 0.29) is 0 Å². The number of carboxylic acids is 1. The van der Waals surface area contributed by atoms with Crippen molar-refractivity contribution in [2.24, 2.45) is 0 Å². The van der Waals surface area contributed by atoms with E-state index in [4.69, 9.17) is 4.74 Å². The van der Waals surface area contributed by atoms with Gasteiger partial charge in [-0.3, -0.25) is 0 Å². The van der Waals surface area contributed by atoms with Crippen molar-refractivity contribution in [1.82, 2.24) is 0 Å². The lowest BCUT2D eigenvalue weighted by Crippen LogP contribution is -2.34. The Kier molecular flexibility index (Phi) is 2.80. The third-order valence-corrected chi connectivity index (χ3v) is 3.15. The van der Waals surface area contributed by atoms with Crippen LogP contribution in [0, 0.1) is 0 Å². The van der Waals surface area contributed by atoms with Crippen molar-refractivity contribution in [3.05, 3.63) is 34.3 Å². The lowest BCUT2D eigenvalue weighted by molar-refractivity contribution is -0.161. The number of carbonyl (C=O) groups is 1. The van der Waals surface area contributed by atoms with Gasteiger partial charge in [-0.15, -0.1) is 0 Å². The lowest BCUT2D eigenvalue weighted by Gasteiger charge is -2.23. The standard InChI is InChI=1S/C11H11BrO3/c12-9-4-1-3-8(7-9)11(10(13)14)5-2-6-15-11/h1,3-4,7H,2,5-6H2,(H,13,14). The van der Waals surface area contributed by atoms with E-state index < -0.39 is 11.6 Å². The molecule has 80 valence electrons. The smallest absolute Gasteiger partial charge is 0.340 e. The molecule has 1 fully saturated rings. The molecule has 1 atom stereocenters. The van der Waals surface area contributed by atoms with Crippen LogP contribution in [0.25, 0.3) is 0 Å². The molecule has 1 heterocycles. The monoisotopic (exact) mass is 270 g/mol. The van der Waals surface area contributed by atoms with E-state index in [9.17, 15) is 9.90 Å². The third kappa shape index (κ3) is 1.79. The Balaban J connectivity index is 2.45. The Morgan fingerprint density at radius 1 is 1.53 bits per heavy atom. The maximum absolute atomic E-state index is 11.3. The number of aliphatic carboxylic acids is 1. The largest absolute Gasteiger partial charge is 0.479 e. The van der Waals surface area contributed by atoms with E-state index in [1.165, 1.54) is 0 Å². The van der Waals surface area contributed by atoms with Crippen LogP contribution in [-0.2, 0) is 15.1 Å². The summed E-state index contributed by atoms with van der Waals surface area (Å²) in [6.45, 7) is 0.513. The quantitative estimate of drug-likeness (QED) is 0.899. The second-order valence-corrected chi connectivity index (χ2v) is 4.51. The maximum atomic E-state index is 11.3. The van der Waals surface area contributed by atoms with Crippen LogP contribution in [0.5, 0.6) is 0 Å². The number of carboxylic acid groups (broad SMARTS) is 1. The molecule has 0 saturated carbocycles. The van der Waals surface area contributed by atoms with E-state index in [2.05, 4.69) is 15.9 Å². The van der Waals surface area contributed by atoms with Crippen molar-refractivity contribution in [3.8, 4) is 0 Å². The number of halogens is 1. The van der Waals surface area contributed by atoms with Crippen molar-refractivity contribution < 1.29 is 14.6 Å². The predicted octanol–water partition coefficient (Wildman–Crippen LogP) is 2.54. The van der Waals surface area contributed by atoms with Gasteiger partial charge in [0.2, 0.25) is 0 Å². The highest BCUT2D eigenvalue weighted by atomic mass is 79.9. The van der Waals surface area contributed by atoms with Gasteiger partial charge in [0.1, 0.15) is 0 Å². The Bertz CT molecular complexity index is 383. The van der Waals surface area contributed by atoms with E-state index >= 15 is 0 Å². The fraction of sp³-hybridized carbons (Fsp3) is 0.364. The number of benzene rings is 1. The van der Waals surface area contributed by atoms with Crippen LogP contribution in [0.1, 0.15) is 18.4 Å². The molecule has 0 amide bonds. The second kappa shape index (κ2) is 3.94. The summed E-state index contributed by atoms with van der Waals surface area (Å²) in [5, 5.41) is 9.27. The predicted molar refractivity (Wildman–Crippen MR) is 58.6 cm³/mol. The van der Waals surface area contributed by atoms with E-state index in [0.717, 1.165) is 10.9 Å². The molecule has 1 aliphatic heterocycles. The summed E-state index contributed by atoms with van der Waals surface area (Å²) in [7, 11) is 0. The van der Waals surface area contributed by atoms with Gasteiger partial charge in [-0.1, -0.05) is 28.1 Å². The molecule has 4 heteroatoms. The normalized spacial score (nSPS) is 25.4. The van der Waals surface area contributed by atoms with Crippen LogP contribution in [0.4, 0.5) is 0 Å². The summed E-state index contributed by atoms with van der Waals surface area (Å²) < 4.78 is 6.29. The number of hydrogen-bond donors (Lipinski definition) is 1. The fourth-order valence-electron chi connectivity index (χ4n) is 1.90. The first-order valence-corrected chi connectivity index (χ1v) is 5.58. The number of hydrogen-bond acceptors (Lipinski definition) is 2. The Labute approximate surface area is 96.2 Å². The summed E-state index contributed by atoms with van der Waals surface area (Å²) in [6.07, 6.45) is 1.33. The third-order valence-electron chi connectivity index (χ3n) is 2.66. The van der Waals surface area contributed by atoms with Gasteiger partial charge in [-0.2, -0.15) is 0 Å². The molecular formula is C11H11BrO3. The van der Waals surface area contributed by atoms with Gasteiger partial charge in [0, 0.05) is 11.1 Å². The molecule has 15 heavy (non-hydrogen) atoms. The topological polar surface area (TPSA) is 46.5 Å². The molecule has 1 N–H and O–H groups in total. The van der Waals surface area contributed by atoms with E-state index in [0.29, 0.717) is 18.6 Å². The Hall–Kier alpha value is -0.870. The minimum Gasteiger partial charge on any atom is -0.479 e. The van der Waals surface area contributed by atoms with Gasteiger partial charge < -0.3 is 9.84 Å². The molecule has 1 aromatic rings. The highest BCUT2D eigenvalue weighted by Gasteiger charge is 2.44. The number of ether oxygens (including phenoxy) is 1. The highest BCUT2D eigenvalue weighted by Crippen LogP contribution is 2.37. The summed E-state index contributed by atoms with van der Waals surface area (Å²) in [6, 6.07) is 7.30. The van der Waals surface area contributed by atoms with E-state index in [1.54, 1.807) is 12.1 Å². The Morgan fingerprint density at radius 3 is 2.87 bits per heavy atom. The summed E-state index contributed by atoms with van der Waals surface area (Å²) in [5.41, 5.74) is -0.425. The molecule has 0 aromatic heterocycles. The van der Waals surface area contributed by atoms with E-state index in [1.807, 2.05) is 12.1 Å². The zero-order chi connectivity index (χ0) is 10.9. The van der Waals surface area contributed by atoms with Crippen LogP contribution < -0.4 is 0 Å². The first-order valence-electron chi connectivity index (χ1n) is 4.78. The second-order valence-electron chi connectivity index (χ2n) is 3.59. The zero-order valence-corrected chi connectivity index (χ0v) is 9.66. The molecule has 1 aliphatic rings. The molecule has 0 bridgehead atoms. The average molecular weight is 271 g/mol. The molecule has 2 rings (SSSR count). The lowest BCUT2D eigenvalue weighted by atomic mass is 9.91. The molecule has 3 nitrogen and oxygen atoms in total. The van der Waals surface area contributed by atoms with Crippen LogP contribution in [-0.4, -0.2) is 17.7 Å². The van der Waals surface area contributed by atoms with Gasteiger partial charge in [-0.05, 0) is 30.5 Å². The van der Waals surface area contributed by atoms with Gasteiger partial charge in [0.25, 0.3) is 0 Å². The van der Waals surface area contributed by atoms with Crippen LogP contribution in [0.15, 0.2) is 28.7 Å². The molecule has 1 saturated heterocycles. The van der Waals surface area contributed by atoms with Gasteiger partial charge in [0.05, 0.1) is 0 Å². The maximum Gasteiger partial charge on any atom is 0.340 e. The van der Waals surface area contributed by atoms with Crippen LogP contribution >= 0.6 is 15.9 Å². The average Bonchev–Trinajstić information content (AvgIpc) is 2.67. The van der Waals surface area contributed by atoms with Crippen LogP contribution in [0.3, 0.4) is 0 Å². The van der Waals surface area contributed by atoms with Crippen LogP contribution in [0.2, 0.25) is 0 Å². The molecule has 1 aromatic carbocycles. The SMILES string of the molecule is O=C(O)C1(c2cccc(Br)c2)CCCO1. The molecular weight excluding hydrogens is 260 g/mol. The Morgan fingerprint density at radius 2 is 2.33 bits per heavy atom. The summed E-state index contributed by atoms with van der Waals surface area (Å²) in [5.74, 6) is -0.905. The van der Waals surface area contributed by atoms with Crippen molar-refractivity contribution in [2.45, 2.75) is 18.4 Å². The zero-order valence-electron chi connectivity index (χ0n) is 8.07. The van der Waals surface area contributed by atoms with Crippen molar-refractivity contribution >= 4 is 21.9 Å². The first kappa shape index (κ1) is 10.6. The first-order chi connectivity index (χ1) is 7.15. The minimum absolute atomic E-state index is 0.513. The molecule has 0 spiro atoms. The number of rotatable bonds is 2. The fourth-order valence-corrected chi connectivity index (χ4v) is 2.30. The minimum atomic E-state index is -1.14. The highest BCUT2D eigenvalue weighted by molar-refractivity contribution is 9.10. The van der Waals surface area contributed by atoms with Crippen molar-refractivity contribution in [2.75, 3.05) is 6.61 Å². The van der Waals surface area contributed by atoms with Gasteiger partial charge in [-0.25, -0.2) is 4.79 Å². The molecule has 0 radical (unpaired) electrons. The van der Waals surface area contributed by atoms with Gasteiger partial charge >= 0.3 is 5.97 Å². The summed E-state index contributed by atoms with van der Waals surface area (Å²) in [4.78, 5) is 11.3. The van der Waals surface area contributed by atoms with Crippen molar-refractivity contribution in [1.29, 1.82) is 0 Å². The van der Waals surface area contributed by atoms with Gasteiger partial charge in [0.15, 0.2) is 5.60 Å². The molecule has 0 aliphatic carbocycles.